The summed E-state index contributed by atoms with van der Waals surface area (Å²) in [5, 5.41) is 3.63. The van der Waals surface area contributed by atoms with Crippen LogP contribution in [0, 0.1) is 11.8 Å². The van der Waals surface area contributed by atoms with E-state index in [0.717, 1.165) is 67.8 Å². The van der Waals surface area contributed by atoms with Gasteiger partial charge in [0.25, 0.3) is 5.91 Å². The van der Waals surface area contributed by atoms with E-state index >= 15 is 0 Å². The maximum absolute atomic E-state index is 13.4. The van der Waals surface area contributed by atoms with Crippen LogP contribution in [0.1, 0.15) is 77.0 Å². The van der Waals surface area contributed by atoms with Gasteiger partial charge in [0.05, 0.1) is 11.0 Å². The number of nitrogens with zero attached hydrogens (tertiary/aromatic N) is 3. The third-order valence-electron chi connectivity index (χ3n) is 8.21. The van der Waals surface area contributed by atoms with Crippen molar-refractivity contribution in [2.45, 2.75) is 88.6 Å². The molecule has 2 fully saturated rings. The molecule has 4 N–H and O–H groups in total. The van der Waals surface area contributed by atoms with E-state index in [1.54, 1.807) is 11.9 Å². The Balaban J connectivity index is 1.26. The van der Waals surface area contributed by atoms with Crippen LogP contribution in [0.5, 0.6) is 0 Å². The molecule has 2 saturated carbocycles. The second-order valence-corrected chi connectivity index (χ2v) is 10.6. The molecule has 1 aliphatic heterocycles. The number of anilines is 1. The molecule has 0 radical (unpaired) electrons. The van der Waals surface area contributed by atoms with Gasteiger partial charge in [-0.15, -0.1) is 0 Å². The highest BCUT2D eigenvalue weighted by Gasteiger charge is 2.48. The Kier molecular flexibility index (Phi) is 6.30. The van der Waals surface area contributed by atoms with Crippen LogP contribution in [-0.2, 0) is 4.79 Å². The number of imidazole rings is 1. The van der Waals surface area contributed by atoms with Crippen LogP contribution < -0.4 is 11.1 Å². The average molecular weight is 451 g/mol. The number of hydrogen-bond acceptors (Lipinski definition) is 5. The maximum atomic E-state index is 13.4. The summed E-state index contributed by atoms with van der Waals surface area (Å²) in [5.74, 6) is 2.52. The number of fused-ring (bicyclic) bond motifs is 1. The number of carbonyl (C=O) groups is 1. The number of benzene rings is 1. The summed E-state index contributed by atoms with van der Waals surface area (Å²) in [7, 11) is 1.77. The molecule has 33 heavy (non-hydrogen) atoms. The molecule has 178 valence electrons. The Morgan fingerprint density at radius 3 is 2.67 bits per heavy atom. The number of rotatable bonds is 7. The van der Waals surface area contributed by atoms with Crippen LogP contribution >= 0.6 is 0 Å². The molecule has 0 saturated heterocycles. The van der Waals surface area contributed by atoms with Gasteiger partial charge in [-0.1, -0.05) is 57.1 Å². The van der Waals surface area contributed by atoms with Crippen molar-refractivity contribution >= 4 is 28.8 Å². The van der Waals surface area contributed by atoms with Crippen LogP contribution in [-0.4, -0.2) is 45.4 Å². The first-order valence-electron chi connectivity index (χ1n) is 12.9. The number of guanidine groups is 1. The number of carbonyl (C=O) groups excluding carboxylic acids is 1. The quantitative estimate of drug-likeness (QED) is 0.564. The van der Waals surface area contributed by atoms with E-state index < -0.39 is 5.54 Å². The molecule has 0 bridgehead atoms. The van der Waals surface area contributed by atoms with E-state index in [2.05, 4.69) is 16.4 Å². The van der Waals surface area contributed by atoms with Gasteiger partial charge in [-0.05, 0) is 56.1 Å². The summed E-state index contributed by atoms with van der Waals surface area (Å²) in [6.45, 7) is 0. The largest absolute Gasteiger partial charge is 0.369 e. The van der Waals surface area contributed by atoms with Crippen LogP contribution in [0.4, 0.5) is 5.95 Å². The van der Waals surface area contributed by atoms with Crippen molar-refractivity contribution in [1.29, 1.82) is 0 Å². The van der Waals surface area contributed by atoms with E-state index in [-0.39, 0.29) is 5.91 Å². The minimum atomic E-state index is -0.664. The first-order chi connectivity index (χ1) is 16.0. The second-order valence-electron chi connectivity index (χ2n) is 10.6. The number of para-hydroxylation sites is 2. The fourth-order valence-corrected chi connectivity index (χ4v) is 6.37. The van der Waals surface area contributed by atoms with Gasteiger partial charge in [0.2, 0.25) is 5.95 Å². The molecule has 3 aliphatic rings. The van der Waals surface area contributed by atoms with Gasteiger partial charge >= 0.3 is 0 Å². The molecular formula is C26H38N6O. The fraction of sp³-hybridized carbons (Fsp3) is 0.654. The molecule has 2 aliphatic carbocycles. The standard InChI is InChI=1S/C26H38N6O/c1-32-23(33)26(31-24(32)27,15-14-18-8-3-2-4-9-18)17-19-10-7-11-20(16-19)28-25-29-21-12-5-6-13-22(21)30-25/h5-6,12-13,18-20H,2-4,7-11,14-17H2,1H3,(H2,27,31)(H2,28,29,30)/t19-,20+,26+/m0/s1. The summed E-state index contributed by atoms with van der Waals surface area (Å²) in [6.07, 6.45) is 13.8. The van der Waals surface area contributed by atoms with Crippen LogP contribution in [0.3, 0.4) is 0 Å². The minimum Gasteiger partial charge on any atom is -0.369 e. The zero-order valence-corrected chi connectivity index (χ0v) is 19.9. The fourth-order valence-electron chi connectivity index (χ4n) is 6.37. The Hall–Kier alpha value is -2.57. The first kappa shape index (κ1) is 22.2. The summed E-state index contributed by atoms with van der Waals surface area (Å²) in [6, 6.07) is 8.47. The lowest BCUT2D eigenvalue weighted by molar-refractivity contribution is -0.131. The van der Waals surface area contributed by atoms with Crippen molar-refractivity contribution in [3.8, 4) is 0 Å². The highest BCUT2D eigenvalue weighted by Crippen LogP contribution is 2.40. The van der Waals surface area contributed by atoms with Crippen molar-refractivity contribution in [2.75, 3.05) is 12.4 Å². The van der Waals surface area contributed by atoms with Crippen molar-refractivity contribution in [2.24, 2.45) is 22.6 Å². The smallest absolute Gasteiger partial charge is 0.257 e. The van der Waals surface area contributed by atoms with Gasteiger partial charge in [-0.25, -0.2) is 9.98 Å². The monoisotopic (exact) mass is 450 g/mol. The number of H-pyrrole nitrogens is 1. The second kappa shape index (κ2) is 9.35. The van der Waals surface area contributed by atoms with Gasteiger partial charge in [0.1, 0.15) is 5.54 Å². The molecule has 1 aromatic carbocycles. The molecule has 0 unspecified atom stereocenters. The number of aromatic amines is 1. The Morgan fingerprint density at radius 2 is 1.91 bits per heavy atom. The van der Waals surface area contributed by atoms with Gasteiger partial charge < -0.3 is 16.0 Å². The first-order valence-corrected chi connectivity index (χ1v) is 12.9. The Labute approximate surface area is 196 Å². The highest BCUT2D eigenvalue weighted by molar-refractivity contribution is 6.06. The van der Waals surface area contributed by atoms with Crippen molar-refractivity contribution < 1.29 is 4.79 Å². The van der Waals surface area contributed by atoms with Crippen LogP contribution in [0.15, 0.2) is 29.3 Å². The van der Waals surface area contributed by atoms with E-state index in [1.165, 1.54) is 32.1 Å². The zero-order chi connectivity index (χ0) is 22.8. The number of nitrogens with two attached hydrogens (primary N) is 1. The van der Waals surface area contributed by atoms with E-state index in [0.29, 0.717) is 17.9 Å². The zero-order valence-electron chi connectivity index (χ0n) is 19.9. The van der Waals surface area contributed by atoms with E-state index in [4.69, 9.17) is 15.7 Å². The number of aromatic nitrogens is 2. The van der Waals surface area contributed by atoms with E-state index in [1.807, 2.05) is 18.2 Å². The van der Waals surface area contributed by atoms with Gasteiger partial charge in [-0.3, -0.25) is 9.69 Å². The number of likely N-dealkylation sites (N-methyl/N-ethyl adjacent to an activating group) is 1. The molecule has 5 rings (SSSR count). The van der Waals surface area contributed by atoms with Crippen molar-refractivity contribution in [1.82, 2.24) is 14.9 Å². The molecule has 7 heteroatoms. The third-order valence-corrected chi connectivity index (χ3v) is 8.21. The molecule has 3 atom stereocenters. The Bertz CT molecular complexity index is 976. The lowest BCUT2D eigenvalue weighted by atomic mass is 9.74. The van der Waals surface area contributed by atoms with Crippen LogP contribution in [0.2, 0.25) is 0 Å². The predicted octanol–water partition coefficient (Wildman–Crippen LogP) is 4.81. The molecule has 1 amide bonds. The lowest BCUT2D eigenvalue weighted by Crippen LogP contribution is -2.44. The summed E-state index contributed by atoms with van der Waals surface area (Å²) in [5.41, 5.74) is 7.53. The lowest BCUT2D eigenvalue weighted by Gasteiger charge is -2.35. The number of hydrogen-bond donors (Lipinski definition) is 3. The number of aliphatic imine (C=N–C) groups is 1. The SMILES string of the molecule is CN1C(=O)[C@@](CCC2CCCCC2)(C[C@H]2CCC[C@@H](Nc3nc4ccccc4[nH]3)C2)N=C1N. The number of nitrogens with one attached hydrogen (secondary N) is 2. The van der Waals surface area contributed by atoms with Crippen molar-refractivity contribution in [3.05, 3.63) is 24.3 Å². The third kappa shape index (κ3) is 4.73. The van der Waals surface area contributed by atoms with E-state index in [9.17, 15) is 4.79 Å². The maximum Gasteiger partial charge on any atom is 0.257 e. The highest BCUT2D eigenvalue weighted by atomic mass is 16.2. The molecule has 7 nitrogen and oxygen atoms in total. The molecule has 0 spiro atoms. The molecule has 2 aromatic rings. The average Bonchev–Trinajstić information content (AvgIpc) is 3.33. The van der Waals surface area contributed by atoms with Gasteiger partial charge in [-0.2, -0.15) is 0 Å². The predicted molar refractivity (Wildman–Crippen MR) is 133 cm³/mol. The summed E-state index contributed by atoms with van der Waals surface area (Å²) < 4.78 is 0. The normalized spacial score (nSPS) is 28.9. The molecular weight excluding hydrogens is 412 g/mol. The Morgan fingerprint density at radius 1 is 1.12 bits per heavy atom. The van der Waals surface area contributed by atoms with Crippen LogP contribution in [0.25, 0.3) is 11.0 Å². The number of amides is 1. The topological polar surface area (TPSA) is 99.4 Å². The van der Waals surface area contributed by atoms with Crippen molar-refractivity contribution in [3.63, 3.8) is 0 Å². The minimum absolute atomic E-state index is 0.100. The summed E-state index contributed by atoms with van der Waals surface area (Å²) >= 11 is 0. The van der Waals surface area contributed by atoms with Gasteiger partial charge in [0.15, 0.2) is 5.96 Å². The van der Waals surface area contributed by atoms with Gasteiger partial charge in [0, 0.05) is 13.1 Å². The molecule has 2 heterocycles. The molecule has 1 aromatic heterocycles. The summed E-state index contributed by atoms with van der Waals surface area (Å²) in [4.78, 5) is 27.9.